The first-order valence-corrected chi connectivity index (χ1v) is 6.33. The van der Waals surface area contributed by atoms with E-state index < -0.39 is 0 Å². The Balaban J connectivity index is 1.81. The number of hydrogen-bond acceptors (Lipinski definition) is 3. The molecule has 94 valence electrons. The van der Waals surface area contributed by atoms with Crippen molar-refractivity contribution in [1.82, 2.24) is 0 Å². The van der Waals surface area contributed by atoms with E-state index in [2.05, 4.69) is 17.5 Å². The van der Waals surface area contributed by atoms with E-state index in [0.29, 0.717) is 17.6 Å². The van der Waals surface area contributed by atoms with Crippen LogP contribution in [0.4, 0.5) is 11.4 Å². The topological polar surface area (TPSA) is 55.2 Å². The SMILES string of the molecule is Cc1ccc([N+](=O)[O-])c(NC2CC3CC=CC32)c1. The van der Waals surface area contributed by atoms with Crippen molar-refractivity contribution in [2.45, 2.75) is 25.8 Å². The number of nitro benzene ring substituents is 1. The highest BCUT2D eigenvalue weighted by Gasteiger charge is 2.41. The molecule has 0 aromatic heterocycles. The van der Waals surface area contributed by atoms with Crippen LogP contribution >= 0.6 is 0 Å². The molecular formula is C14H16N2O2. The van der Waals surface area contributed by atoms with Gasteiger partial charge >= 0.3 is 0 Å². The monoisotopic (exact) mass is 244 g/mol. The van der Waals surface area contributed by atoms with Gasteiger partial charge in [-0.25, -0.2) is 0 Å². The summed E-state index contributed by atoms with van der Waals surface area (Å²) in [6.45, 7) is 1.95. The van der Waals surface area contributed by atoms with E-state index in [-0.39, 0.29) is 10.6 Å². The quantitative estimate of drug-likeness (QED) is 0.504. The zero-order chi connectivity index (χ0) is 12.7. The molecule has 1 N–H and O–H groups in total. The Morgan fingerprint density at radius 1 is 1.44 bits per heavy atom. The van der Waals surface area contributed by atoms with Gasteiger partial charge in [0.15, 0.2) is 0 Å². The number of fused-ring (bicyclic) bond motifs is 1. The van der Waals surface area contributed by atoms with Crippen LogP contribution in [0.5, 0.6) is 0 Å². The minimum atomic E-state index is -0.317. The normalized spacial score (nSPS) is 28.6. The standard InChI is InChI=1S/C14H16N2O2/c1-9-5-6-14(16(17)18)13(7-9)15-12-8-10-3-2-4-11(10)12/h2,4-7,10-12,15H,3,8H2,1H3. The highest BCUT2D eigenvalue weighted by Crippen LogP contribution is 2.44. The van der Waals surface area contributed by atoms with Gasteiger partial charge in [0.25, 0.3) is 5.69 Å². The molecule has 0 saturated heterocycles. The lowest BCUT2D eigenvalue weighted by molar-refractivity contribution is -0.384. The van der Waals surface area contributed by atoms with Crippen LogP contribution in [-0.2, 0) is 0 Å². The molecule has 0 amide bonds. The molecule has 18 heavy (non-hydrogen) atoms. The third-order valence-electron chi connectivity index (χ3n) is 4.05. The molecule has 0 spiro atoms. The molecule has 3 atom stereocenters. The summed E-state index contributed by atoms with van der Waals surface area (Å²) in [6.07, 6.45) is 6.75. The average Bonchev–Trinajstić information content (AvgIpc) is 2.67. The molecule has 4 heteroatoms. The molecule has 3 unspecified atom stereocenters. The fourth-order valence-corrected chi connectivity index (χ4v) is 3.01. The van der Waals surface area contributed by atoms with Crippen LogP contribution < -0.4 is 5.32 Å². The van der Waals surface area contributed by atoms with Crippen molar-refractivity contribution in [1.29, 1.82) is 0 Å². The van der Waals surface area contributed by atoms with Crippen molar-refractivity contribution in [2.24, 2.45) is 11.8 Å². The van der Waals surface area contributed by atoms with Crippen LogP contribution in [0.15, 0.2) is 30.4 Å². The van der Waals surface area contributed by atoms with Gasteiger partial charge in [0, 0.05) is 18.0 Å². The fourth-order valence-electron chi connectivity index (χ4n) is 3.01. The van der Waals surface area contributed by atoms with Gasteiger partial charge in [-0.3, -0.25) is 10.1 Å². The van der Waals surface area contributed by atoms with Crippen LogP contribution in [0.1, 0.15) is 18.4 Å². The third kappa shape index (κ3) is 1.78. The Morgan fingerprint density at radius 3 is 3.00 bits per heavy atom. The molecule has 0 heterocycles. The molecule has 1 aromatic rings. The van der Waals surface area contributed by atoms with Gasteiger partial charge in [-0.05, 0) is 37.3 Å². The summed E-state index contributed by atoms with van der Waals surface area (Å²) in [5.74, 6) is 1.32. The third-order valence-corrected chi connectivity index (χ3v) is 4.05. The van der Waals surface area contributed by atoms with Gasteiger partial charge in [-0.15, -0.1) is 0 Å². The molecule has 1 aromatic carbocycles. The molecule has 4 nitrogen and oxygen atoms in total. The number of aryl methyl sites for hydroxylation is 1. The molecule has 0 radical (unpaired) electrons. The Labute approximate surface area is 106 Å². The van der Waals surface area contributed by atoms with E-state index in [4.69, 9.17) is 0 Å². The van der Waals surface area contributed by atoms with E-state index in [1.165, 1.54) is 6.42 Å². The maximum atomic E-state index is 11.0. The summed E-state index contributed by atoms with van der Waals surface area (Å²) in [5.41, 5.74) is 1.87. The predicted octanol–water partition coefficient (Wildman–Crippen LogP) is 3.28. The number of nitrogens with zero attached hydrogens (tertiary/aromatic N) is 1. The highest BCUT2D eigenvalue weighted by molar-refractivity contribution is 5.63. The minimum Gasteiger partial charge on any atom is -0.376 e. The first-order valence-electron chi connectivity index (χ1n) is 6.33. The Morgan fingerprint density at radius 2 is 2.28 bits per heavy atom. The van der Waals surface area contributed by atoms with E-state index >= 15 is 0 Å². The summed E-state index contributed by atoms with van der Waals surface area (Å²) in [6, 6.07) is 5.58. The number of benzene rings is 1. The van der Waals surface area contributed by atoms with Gasteiger partial charge in [0.1, 0.15) is 5.69 Å². The number of nitro groups is 1. The molecule has 0 bridgehead atoms. The highest BCUT2D eigenvalue weighted by atomic mass is 16.6. The Hall–Kier alpha value is -1.84. The van der Waals surface area contributed by atoms with Gasteiger partial charge in [0.05, 0.1) is 4.92 Å². The first-order chi connectivity index (χ1) is 8.65. The smallest absolute Gasteiger partial charge is 0.292 e. The summed E-state index contributed by atoms with van der Waals surface area (Å²) >= 11 is 0. The average molecular weight is 244 g/mol. The van der Waals surface area contributed by atoms with Crippen LogP contribution in [0.2, 0.25) is 0 Å². The van der Waals surface area contributed by atoms with E-state index in [9.17, 15) is 10.1 Å². The van der Waals surface area contributed by atoms with Crippen LogP contribution in [-0.4, -0.2) is 11.0 Å². The summed E-state index contributed by atoms with van der Waals surface area (Å²) in [5, 5.41) is 14.3. The lowest BCUT2D eigenvalue weighted by Crippen LogP contribution is -2.43. The van der Waals surface area contributed by atoms with E-state index in [1.54, 1.807) is 12.1 Å². The predicted molar refractivity (Wildman–Crippen MR) is 70.6 cm³/mol. The number of allylic oxidation sites excluding steroid dienone is 1. The number of hydrogen-bond donors (Lipinski definition) is 1. The number of nitrogens with one attached hydrogen (secondary N) is 1. The van der Waals surface area contributed by atoms with Crippen LogP contribution in [0, 0.1) is 28.9 Å². The lowest BCUT2D eigenvalue weighted by Gasteiger charge is -2.41. The Kier molecular flexibility index (Phi) is 2.58. The van der Waals surface area contributed by atoms with Gasteiger partial charge < -0.3 is 5.32 Å². The summed E-state index contributed by atoms with van der Waals surface area (Å²) < 4.78 is 0. The molecule has 0 aliphatic heterocycles. The molecular weight excluding hydrogens is 228 g/mol. The maximum absolute atomic E-state index is 11.0. The van der Waals surface area contributed by atoms with Crippen LogP contribution in [0.3, 0.4) is 0 Å². The molecule has 3 rings (SSSR count). The second kappa shape index (κ2) is 4.12. The van der Waals surface area contributed by atoms with Crippen molar-refractivity contribution in [3.63, 3.8) is 0 Å². The van der Waals surface area contributed by atoms with Gasteiger partial charge in [-0.1, -0.05) is 18.2 Å². The number of anilines is 1. The van der Waals surface area contributed by atoms with Crippen molar-refractivity contribution in [3.8, 4) is 0 Å². The molecule has 1 fully saturated rings. The second-order valence-electron chi connectivity index (χ2n) is 5.27. The van der Waals surface area contributed by atoms with Crippen molar-refractivity contribution >= 4 is 11.4 Å². The number of rotatable bonds is 3. The van der Waals surface area contributed by atoms with Crippen molar-refractivity contribution in [3.05, 3.63) is 46.0 Å². The zero-order valence-corrected chi connectivity index (χ0v) is 10.3. The molecule has 2 aliphatic carbocycles. The van der Waals surface area contributed by atoms with E-state index in [1.807, 2.05) is 13.0 Å². The minimum absolute atomic E-state index is 0.172. The maximum Gasteiger partial charge on any atom is 0.292 e. The molecule has 2 aliphatic rings. The van der Waals surface area contributed by atoms with Gasteiger partial charge in [-0.2, -0.15) is 0 Å². The van der Waals surface area contributed by atoms with Crippen molar-refractivity contribution in [2.75, 3.05) is 5.32 Å². The summed E-state index contributed by atoms with van der Waals surface area (Å²) in [4.78, 5) is 10.7. The van der Waals surface area contributed by atoms with Crippen LogP contribution in [0.25, 0.3) is 0 Å². The first kappa shape index (κ1) is 11.3. The fraction of sp³-hybridized carbons (Fsp3) is 0.429. The Bertz CT molecular complexity index is 525. The zero-order valence-electron chi connectivity index (χ0n) is 10.3. The van der Waals surface area contributed by atoms with Gasteiger partial charge in [0.2, 0.25) is 0 Å². The van der Waals surface area contributed by atoms with Crippen molar-refractivity contribution < 1.29 is 4.92 Å². The second-order valence-corrected chi connectivity index (χ2v) is 5.27. The summed E-state index contributed by atoms with van der Waals surface area (Å²) in [7, 11) is 0. The van der Waals surface area contributed by atoms with E-state index in [0.717, 1.165) is 17.9 Å². The largest absolute Gasteiger partial charge is 0.376 e. The lowest BCUT2D eigenvalue weighted by atomic mass is 9.71. The molecule has 1 saturated carbocycles.